The van der Waals surface area contributed by atoms with Gasteiger partial charge >= 0.3 is 0 Å². The van der Waals surface area contributed by atoms with E-state index < -0.39 is 29.3 Å². The largest absolute Gasteiger partial charge is 0.390 e. The number of hydrogen-bond donors (Lipinski definition) is 3. The van der Waals surface area contributed by atoms with Crippen LogP contribution in [-0.4, -0.2) is 88.2 Å². The monoisotopic (exact) mass is 659 g/mol. The van der Waals surface area contributed by atoms with Gasteiger partial charge in [-0.2, -0.15) is 0 Å². The maximum atomic E-state index is 13.1. The van der Waals surface area contributed by atoms with E-state index in [1.54, 1.807) is 13.8 Å². The highest BCUT2D eigenvalue weighted by Crippen LogP contribution is 2.89. The Balaban J connectivity index is 1.11. The molecule has 5 aliphatic carbocycles. The Hall–Kier alpha value is -0.770. The number of aliphatic hydroxyl groups is 3. The molecule has 0 aromatic carbocycles. The number of fused-ring (bicyclic) bond motifs is 4. The van der Waals surface area contributed by atoms with Gasteiger partial charge in [0.25, 0.3) is 0 Å². The van der Waals surface area contributed by atoms with Crippen LogP contribution in [-0.2, 0) is 19.0 Å². The quantitative estimate of drug-likeness (QED) is 0.363. The molecule has 0 bridgehead atoms. The SMILES string of the molecule is C[C@@H]1CC([C@H](O)C(C)(C)O)OC2[C@H]1[C@@]1(C)CC[C@@]34C[C@@]35CCC(O[C@H]3CN(C(=O)C(C)(C)C)CCO3)C(C)(C)[C@@H]5CCC4[C@]1(C)[C@H]2O. The first-order chi connectivity index (χ1) is 21.6. The smallest absolute Gasteiger partial charge is 0.228 e. The second kappa shape index (κ2) is 10.6. The summed E-state index contributed by atoms with van der Waals surface area (Å²) >= 11 is 0. The van der Waals surface area contributed by atoms with Crippen molar-refractivity contribution in [3.63, 3.8) is 0 Å². The minimum Gasteiger partial charge on any atom is -0.390 e. The molecule has 0 radical (unpaired) electrons. The van der Waals surface area contributed by atoms with E-state index in [2.05, 4.69) is 34.6 Å². The van der Waals surface area contributed by atoms with Gasteiger partial charge in [-0.25, -0.2) is 0 Å². The number of amides is 1. The lowest BCUT2D eigenvalue weighted by Gasteiger charge is -2.64. The highest BCUT2D eigenvalue weighted by atomic mass is 16.7. The first-order valence-electron chi connectivity index (χ1n) is 19.0. The topological polar surface area (TPSA) is 109 Å². The van der Waals surface area contributed by atoms with Gasteiger partial charge in [0.15, 0.2) is 6.29 Å². The first kappa shape index (κ1) is 34.7. The van der Waals surface area contributed by atoms with Crippen molar-refractivity contribution in [3.05, 3.63) is 0 Å². The molecule has 268 valence electrons. The second-order valence-corrected chi connectivity index (χ2v) is 20.1. The molecular weight excluding hydrogens is 594 g/mol. The van der Waals surface area contributed by atoms with E-state index >= 15 is 0 Å². The molecule has 7 rings (SSSR count). The van der Waals surface area contributed by atoms with Gasteiger partial charge in [-0.1, -0.05) is 55.4 Å². The van der Waals surface area contributed by atoms with Crippen LogP contribution in [0.1, 0.15) is 121 Å². The first-order valence-corrected chi connectivity index (χ1v) is 19.0. The summed E-state index contributed by atoms with van der Waals surface area (Å²) in [6.45, 7) is 22.8. The normalized spacial score (nSPS) is 51.2. The Morgan fingerprint density at radius 3 is 2.30 bits per heavy atom. The fourth-order valence-corrected chi connectivity index (χ4v) is 13.8. The van der Waals surface area contributed by atoms with Gasteiger partial charge in [-0.3, -0.25) is 4.79 Å². The number of carbonyl (C=O) groups is 1. The molecule has 3 N–H and O–H groups in total. The summed E-state index contributed by atoms with van der Waals surface area (Å²) in [6, 6.07) is 0. The predicted molar refractivity (Wildman–Crippen MR) is 179 cm³/mol. The van der Waals surface area contributed by atoms with E-state index in [1.165, 1.54) is 12.8 Å². The highest BCUT2D eigenvalue weighted by molar-refractivity contribution is 5.81. The van der Waals surface area contributed by atoms with Crippen molar-refractivity contribution in [2.45, 2.75) is 163 Å². The van der Waals surface area contributed by atoms with E-state index in [-0.39, 0.29) is 57.4 Å². The molecule has 2 saturated heterocycles. The molecule has 2 spiro atoms. The Kier molecular flexibility index (Phi) is 7.84. The third kappa shape index (κ3) is 4.62. The number of carbonyl (C=O) groups excluding carboxylic acids is 1. The lowest BCUT2D eigenvalue weighted by molar-refractivity contribution is -0.248. The van der Waals surface area contributed by atoms with Crippen molar-refractivity contribution in [3.8, 4) is 0 Å². The Morgan fingerprint density at radius 1 is 0.979 bits per heavy atom. The Bertz CT molecular complexity index is 1260. The summed E-state index contributed by atoms with van der Waals surface area (Å²) in [5, 5.41) is 34.1. The molecule has 1 amide bonds. The molecule has 7 aliphatic rings. The molecule has 2 aliphatic heterocycles. The zero-order chi connectivity index (χ0) is 34.3. The molecule has 4 unspecified atom stereocenters. The van der Waals surface area contributed by atoms with Crippen molar-refractivity contribution < 1.29 is 34.3 Å². The summed E-state index contributed by atoms with van der Waals surface area (Å²) in [6.07, 6.45) is 6.01. The third-order valence-corrected chi connectivity index (χ3v) is 16.1. The van der Waals surface area contributed by atoms with Gasteiger partial charge in [0, 0.05) is 17.4 Å². The fourth-order valence-electron chi connectivity index (χ4n) is 13.8. The minimum absolute atomic E-state index is 0.0194. The molecule has 47 heavy (non-hydrogen) atoms. The number of ether oxygens (including phenoxy) is 3. The average Bonchev–Trinajstić information content (AvgIpc) is 3.61. The van der Waals surface area contributed by atoms with Crippen LogP contribution >= 0.6 is 0 Å². The van der Waals surface area contributed by atoms with Crippen molar-refractivity contribution >= 4 is 5.91 Å². The van der Waals surface area contributed by atoms with Gasteiger partial charge < -0.3 is 34.4 Å². The molecule has 8 heteroatoms. The maximum Gasteiger partial charge on any atom is 0.228 e. The van der Waals surface area contributed by atoms with Crippen LogP contribution in [0.15, 0.2) is 0 Å². The molecule has 7 fully saturated rings. The van der Waals surface area contributed by atoms with Crippen LogP contribution in [0.4, 0.5) is 0 Å². The van der Waals surface area contributed by atoms with Gasteiger partial charge in [-0.05, 0) is 111 Å². The van der Waals surface area contributed by atoms with Gasteiger partial charge in [-0.15, -0.1) is 0 Å². The van der Waals surface area contributed by atoms with E-state index in [4.69, 9.17) is 14.2 Å². The summed E-state index contributed by atoms with van der Waals surface area (Å²) < 4.78 is 19.6. The van der Waals surface area contributed by atoms with Crippen molar-refractivity contribution in [2.75, 3.05) is 19.7 Å². The fraction of sp³-hybridized carbons (Fsp3) is 0.974. The number of hydrogen-bond acceptors (Lipinski definition) is 7. The lowest BCUT2D eigenvalue weighted by Crippen LogP contribution is -2.60. The van der Waals surface area contributed by atoms with Crippen LogP contribution in [0.25, 0.3) is 0 Å². The molecule has 0 aromatic heterocycles. The highest BCUT2D eigenvalue weighted by Gasteiger charge is 2.84. The third-order valence-electron chi connectivity index (χ3n) is 16.1. The lowest BCUT2D eigenvalue weighted by atomic mass is 9.41. The number of rotatable bonds is 4. The van der Waals surface area contributed by atoms with Gasteiger partial charge in [0.05, 0.1) is 43.2 Å². The molecule has 14 atom stereocenters. The van der Waals surface area contributed by atoms with Gasteiger partial charge in [0.1, 0.15) is 6.10 Å². The summed E-state index contributed by atoms with van der Waals surface area (Å²) in [4.78, 5) is 15.0. The molecule has 2 heterocycles. The van der Waals surface area contributed by atoms with Gasteiger partial charge in [0.2, 0.25) is 5.91 Å². The number of aliphatic hydroxyl groups excluding tert-OH is 2. The minimum atomic E-state index is -1.26. The van der Waals surface area contributed by atoms with Crippen LogP contribution in [0.5, 0.6) is 0 Å². The summed E-state index contributed by atoms with van der Waals surface area (Å²) in [5.41, 5.74) is -1.48. The second-order valence-electron chi connectivity index (χ2n) is 20.1. The Labute approximate surface area is 283 Å². The summed E-state index contributed by atoms with van der Waals surface area (Å²) in [7, 11) is 0. The van der Waals surface area contributed by atoms with E-state index in [0.717, 1.165) is 32.1 Å². The Morgan fingerprint density at radius 2 is 1.64 bits per heavy atom. The molecular formula is C39H65NO7. The molecule has 5 saturated carbocycles. The zero-order valence-electron chi connectivity index (χ0n) is 31.0. The zero-order valence-corrected chi connectivity index (χ0v) is 31.0. The van der Waals surface area contributed by atoms with Crippen molar-refractivity contribution in [2.24, 2.45) is 56.2 Å². The van der Waals surface area contributed by atoms with Crippen molar-refractivity contribution in [1.82, 2.24) is 4.90 Å². The maximum absolute atomic E-state index is 13.1. The number of nitrogens with zero attached hydrogens (tertiary/aromatic N) is 1. The summed E-state index contributed by atoms with van der Waals surface area (Å²) in [5.74, 6) is 1.67. The van der Waals surface area contributed by atoms with Crippen LogP contribution < -0.4 is 0 Å². The van der Waals surface area contributed by atoms with Crippen molar-refractivity contribution in [1.29, 1.82) is 0 Å². The predicted octanol–water partition coefficient (Wildman–Crippen LogP) is 5.55. The van der Waals surface area contributed by atoms with E-state index in [1.807, 2.05) is 25.7 Å². The standard InChI is InChI=1S/C39H65NO7/c1-22-19-23(30(41)35(7,8)44)46-29-28(22)36(9)15-16-39-21-38(39)14-13-26(47-27-20-40(17-18-45-27)32(43)33(2,3)4)34(5,6)24(38)11-12-25(39)37(36,10)31(29)42/h22-31,41-42,44H,11-21H2,1-10H3/t22-,23?,24+,25?,26?,27+,28+,29?,30+,31+,36-,37-,38-,39+/m1/s1. The van der Waals surface area contributed by atoms with E-state index in [9.17, 15) is 20.1 Å². The van der Waals surface area contributed by atoms with Crippen LogP contribution in [0.3, 0.4) is 0 Å². The number of morpholine rings is 1. The van der Waals surface area contributed by atoms with E-state index in [0.29, 0.717) is 43.9 Å². The average molecular weight is 660 g/mol. The van der Waals surface area contributed by atoms with Crippen LogP contribution in [0.2, 0.25) is 0 Å². The molecule has 0 aromatic rings. The van der Waals surface area contributed by atoms with Crippen LogP contribution in [0, 0.1) is 56.2 Å². The molecule has 8 nitrogen and oxygen atoms in total.